The second-order valence-corrected chi connectivity index (χ2v) is 9.47. The van der Waals surface area contributed by atoms with Crippen LogP contribution in [0.1, 0.15) is 42.3 Å². The molecule has 0 spiro atoms. The summed E-state index contributed by atoms with van der Waals surface area (Å²) in [4.78, 5) is 24.9. The molecule has 38 heavy (non-hydrogen) atoms. The van der Waals surface area contributed by atoms with Gasteiger partial charge in [0.2, 0.25) is 0 Å². The van der Waals surface area contributed by atoms with E-state index in [-0.39, 0.29) is 23.3 Å². The van der Waals surface area contributed by atoms with Crippen molar-refractivity contribution >= 4 is 22.6 Å². The number of halogens is 6. The first kappa shape index (κ1) is 28.6. The van der Waals surface area contributed by atoms with Crippen LogP contribution < -0.4 is 14.8 Å². The van der Waals surface area contributed by atoms with Crippen LogP contribution in [0.5, 0.6) is 11.5 Å². The van der Waals surface area contributed by atoms with Crippen LogP contribution in [0.4, 0.5) is 26.3 Å². The monoisotopic (exact) mass is 543 g/mol. The number of carboxylic acids is 1. The molecule has 204 valence electrons. The number of benzene rings is 3. The van der Waals surface area contributed by atoms with Crippen molar-refractivity contribution in [1.82, 2.24) is 5.32 Å². The molecular formula is C26H23F6NO5. The number of carboxylic acid groups (broad SMARTS) is 1. The molecule has 1 atom stereocenters. The average molecular weight is 543 g/mol. The molecule has 0 saturated heterocycles. The molecule has 0 heterocycles. The molecule has 2 N–H and O–H groups in total. The van der Waals surface area contributed by atoms with E-state index < -0.39 is 47.2 Å². The van der Waals surface area contributed by atoms with Gasteiger partial charge in [-0.25, -0.2) is 4.79 Å². The molecule has 12 heteroatoms. The molecule has 0 aliphatic carbocycles. The number of aliphatic carboxylic acids is 1. The van der Waals surface area contributed by atoms with Crippen molar-refractivity contribution in [2.45, 2.75) is 46.0 Å². The summed E-state index contributed by atoms with van der Waals surface area (Å²) in [5, 5.41) is 12.2. The van der Waals surface area contributed by atoms with Gasteiger partial charge in [-0.1, -0.05) is 45.0 Å². The largest absolute Gasteiger partial charge is 0.573 e. The van der Waals surface area contributed by atoms with Gasteiger partial charge < -0.3 is 19.9 Å². The van der Waals surface area contributed by atoms with Crippen LogP contribution in [-0.2, 0) is 17.6 Å². The summed E-state index contributed by atoms with van der Waals surface area (Å²) >= 11 is 0. The van der Waals surface area contributed by atoms with E-state index in [4.69, 9.17) is 4.74 Å². The van der Waals surface area contributed by atoms with Gasteiger partial charge in [-0.15, -0.1) is 13.2 Å². The van der Waals surface area contributed by atoms with Crippen molar-refractivity contribution < 1.29 is 50.5 Å². The Labute approximate surface area is 213 Å². The zero-order valence-electron chi connectivity index (χ0n) is 20.3. The van der Waals surface area contributed by atoms with Gasteiger partial charge in [-0.3, -0.25) is 4.79 Å². The van der Waals surface area contributed by atoms with Crippen molar-refractivity contribution in [3.05, 3.63) is 71.3 Å². The molecule has 3 aromatic rings. The van der Waals surface area contributed by atoms with Crippen LogP contribution in [0.25, 0.3) is 10.8 Å². The van der Waals surface area contributed by atoms with Gasteiger partial charge in [-0.2, -0.15) is 13.2 Å². The molecule has 3 rings (SSSR count). The predicted molar refractivity (Wildman–Crippen MR) is 125 cm³/mol. The third kappa shape index (κ3) is 7.08. The molecule has 0 radical (unpaired) electrons. The van der Waals surface area contributed by atoms with E-state index in [1.807, 2.05) is 0 Å². The number of amides is 1. The van der Waals surface area contributed by atoms with Gasteiger partial charge in [0.1, 0.15) is 24.1 Å². The topological polar surface area (TPSA) is 84.9 Å². The van der Waals surface area contributed by atoms with Crippen LogP contribution in [0.15, 0.2) is 54.6 Å². The molecule has 0 saturated carbocycles. The molecule has 3 aromatic carbocycles. The van der Waals surface area contributed by atoms with E-state index in [0.717, 1.165) is 24.3 Å². The van der Waals surface area contributed by atoms with Crippen molar-refractivity contribution in [1.29, 1.82) is 0 Å². The fourth-order valence-corrected chi connectivity index (χ4v) is 3.60. The third-order valence-corrected chi connectivity index (χ3v) is 5.47. The summed E-state index contributed by atoms with van der Waals surface area (Å²) in [7, 11) is 0. The maximum Gasteiger partial charge on any atom is 0.573 e. The molecule has 1 amide bonds. The Balaban J connectivity index is 2.03. The molecule has 0 bridgehead atoms. The summed E-state index contributed by atoms with van der Waals surface area (Å²) in [6.45, 7) is 4.44. The van der Waals surface area contributed by atoms with E-state index in [0.29, 0.717) is 10.9 Å². The quantitative estimate of drug-likeness (QED) is 0.330. The lowest BCUT2D eigenvalue weighted by molar-refractivity contribution is -0.274. The number of alkyl halides is 6. The molecule has 0 aliphatic heterocycles. The van der Waals surface area contributed by atoms with Gasteiger partial charge in [0, 0.05) is 5.39 Å². The van der Waals surface area contributed by atoms with E-state index in [1.165, 1.54) is 30.3 Å². The van der Waals surface area contributed by atoms with Gasteiger partial charge in [0.05, 0.1) is 11.1 Å². The van der Waals surface area contributed by atoms with E-state index in [1.54, 1.807) is 20.8 Å². The molecule has 0 fully saturated rings. The SMILES string of the molecule is CC(C)(C)[C@H](NC(=O)c1ccc2ccc(C(F)(F)F)cc2c1OCc1ccc(OC(F)(F)F)cc1)C(=O)O. The van der Waals surface area contributed by atoms with Crippen LogP contribution in [-0.4, -0.2) is 29.4 Å². The van der Waals surface area contributed by atoms with E-state index in [2.05, 4.69) is 10.1 Å². The average Bonchev–Trinajstić information content (AvgIpc) is 2.78. The Morgan fingerprint density at radius 1 is 0.921 bits per heavy atom. The predicted octanol–water partition coefficient (Wildman–Crippen LogP) is 6.57. The van der Waals surface area contributed by atoms with Gasteiger partial charge in [0.25, 0.3) is 5.91 Å². The van der Waals surface area contributed by atoms with Crippen LogP contribution >= 0.6 is 0 Å². The number of ether oxygens (including phenoxy) is 2. The minimum Gasteiger partial charge on any atom is -0.487 e. The number of carbonyl (C=O) groups is 2. The number of hydrogen-bond acceptors (Lipinski definition) is 4. The smallest absolute Gasteiger partial charge is 0.487 e. The fraction of sp³-hybridized carbons (Fsp3) is 0.308. The summed E-state index contributed by atoms with van der Waals surface area (Å²) in [6, 6.07) is 8.81. The first-order valence-corrected chi connectivity index (χ1v) is 11.1. The maximum absolute atomic E-state index is 13.4. The van der Waals surface area contributed by atoms with Crippen molar-refractivity contribution in [3.63, 3.8) is 0 Å². The maximum atomic E-state index is 13.4. The Kier molecular flexibility index (Phi) is 7.85. The molecule has 0 aromatic heterocycles. The second-order valence-electron chi connectivity index (χ2n) is 9.47. The minimum absolute atomic E-state index is 0.0628. The lowest BCUT2D eigenvalue weighted by atomic mass is 9.86. The molecule has 0 aliphatic rings. The highest BCUT2D eigenvalue weighted by atomic mass is 19.4. The fourth-order valence-electron chi connectivity index (χ4n) is 3.60. The van der Waals surface area contributed by atoms with Crippen molar-refractivity contribution in [2.24, 2.45) is 5.41 Å². The second kappa shape index (κ2) is 10.4. The van der Waals surface area contributed by atoms with E-state index >= 15 is 0 Å². The highest BCUT2D eigenvalue weighted by Crippen LogP contribution is 2.37. The number of carbonyl (C=O) groups excluding carboxylic acids is 1. The van der Waals surface area contributed by atoms with Gasteiger partial charge >= 0.3 is 18.5 Å². The Morgan fingerprint density at radius 3 is 2.05 bits per heavy atom. The highest BCUT2D eigenvalue weighted by molar-refractivity contribution is 6.05. The lowest BCUT2D eigenvalue weighted by Crippen LogP contribution is -2.49. The summed E-state index contributed by atoms with van der Waals surface area (Å²) in [5.74, 6) is -2.94. The minimum atomic E-state index is -4.89. The summed E-state index contributed by atoms with van der Waals surface area (Å²) in [5.41, 5.74) is -1.79. The Morgan fingerprint density at radius 2 is 1.53 bits per heavy atom. The van der Waals surface area contributed by atoms with Gasteiger partial charge in [-0.05, 0) is 46.7 Å². The summed E-state index contributed by atoms with van der Waals surface area (Å²) < 4.78 is 87.1. The zero-order valence-corrected chi connectivity index (χ0v) is 20.3. The van der Waals surface area contributed by atoms with Crippen molar-refractivity contribution in [2.75, 3.05) is 0 Å². The number of nitrogens with one attached hydrogen (secondary N) is 1. The normalized spacial score (nSPS) is 13.2. The number of fused-ring (bicyclic) bond motifs is 1. The van der Waals surface area contributed by atoms with Crippen LogP contribution in [0.3, 0.4) is 0 Å². The lowest BCUT2D eigenvalue weighted by Gasteiger charge is -2.28. The Hall–Kier alpha value is -3.96. The standard InChI is InChI=1S/C26H23F6NO5/c1-24(2,3)21(23(35)36)33-22(34)18-11-7-15-6-8-16(25(27,28)29)12-19(15)20(18)37-13-14-4-9-17(10-5-14)38-26(30,31)32/h4-12,21H,13H2,1-3H3,(H,33,34)(H,35,36)/t21-/m1/s1. The molecular weight excluding hydrogens is 520 g/mol. The molecule has 6 nitrogen and oxygen atoms in total. The number of rotatable bonds is 7. The Bertz CT molecular complexity index is 1330. The van der Waals surface area contributed by atoms with E-state index in [9.17, 15) is 41.0 Å². The van der Waals surface area contributed by atoms with Crippen LogP contribution in [0.2, 0.25) is 0 Å². The van der Waals surface area contributed by atoms with Gasteiger partial charge in [0.15, 0.2) is 0 Å². The first-order chi connectivity index (χ1) is 17.5. The molecule has 0 unspecified atom stereocenters. The first-order valence-electron chi connectivity index (χ1n) is 11.1. The van der Waals surface area contributed by atoms with Crippen molar-refractivity contribution in [3.8, 4) is 11.5 Å². The highest BCUT2D eigenvalue weighted by Gasteiger charge is 2.35. The zero-order chi connectivity index (χ0) is 28.5. The summed E-state index contributed by atoms with van der Waals surface area (Å²) in [6.07, 6.45) is -9.58. The number of hydrogen-bond donors (Lipinski definition) is 2. The van der Waals surface area contributed by atoms with Crippen LogP contribution in [0, 0.1) is 5.41 Å². The third-order valence-electron chi connectivity index (χ3n) is 5.47.